The van der Waals surface area contributed by atoms with Crippen LogP contribution in [0.25, 0.3) is 0 Å². The fourth-order valence-corrected chi connectivity index (χ4v) is 2.91. The molecule has 1 amide bonds. The standard InChI is InChI=1S/C19H30N2O2/c1-2-17-8-10-18(11-9-17)23-16-19(22)20-12-7-15-21-13-5-3-4-6-14-21/h8-11H,2-7,12-16H2,1H3,(H,20,22). The first kappa shape index (κ1) is 17.8. The quantitative estimate of drug-likeness (QED) is 0.749. The monoisotopic (exact) mass is 318 g/mol. The van der Waals surface area contributed by atoms with E-state index in [1.165, 1.54) is 44.3 Å². The van der Waals surface area contributed by atoms with Crippen LogP contribution in [-0.4, -0.2) is 43.6 Å². The van der Waals surface area contributed by atoms with Gasteiger partial charge in [-0.15, -0.1) is 0 Å². The first-order valence-electron chi connectivity index (χ1n) is 8.98. The first-order valence-corrected chi connectivity index (χ1v) is 8.98. The van der Waals surface area contributed by atoms with Crippen LogP contribution >= 0.6 is 0 Å². The van der Waals surface area contributed by atoms with Gasteiger partial charge in [0.25, 0.3) is 5.91 Å². The first-order chi connectivity index (χ1) is 11.3. The molecule has 0 bridgehead atoms. The summed E-state index contributed by atoms with van der Waals surface area (Å²) in [4.78, 5) is 14.3. The average molecular weight is 318 g/mol. The topological polar surface area (TPSA) is 41.6 Å². The molecule has 0 atom stereocenters. The van der Waals surface area contributed by atoms with Crippen molar-refractivity contribution in [3.8, 4) is 5.75 Å². The van der Waals surface area contributed by atoms with Crippen molar-refractivity contribution >= 4 is 5.91 Å². The third-order valence-electron chi connectivity index (χ3n) is 4.37. The number of carbonyl (C=O) groups is 1. The van der Waals surface area contributed by atoms with Crippen molar-refractivity contribution in [2.75, 3.05) is 32.8 Å². The second-order valence-corrected chi connectivity index (χ2v) is 6.25. The molecule has 128 valence electrons. The summed E-state index contributed by atoms with van der Waals surface area (Å²) in [6.07, 6.45) is 7.39. The van der Waals surface area contributed by atoms with Gasteiger partial charge in [-0.05, 0) is 63.0 Å². The Morgan fingerprint density at radius 2 is 1.83 bits per heavy atom. The lowest BCUT2D eigenvalue weighted by molar-refractivity contribution is -0.123. The molecule has 2 rings (SSSR count). The zero-order valence-electron chi connectivity index (χ0n) is 14.4. The predicted molar refractivity (Wildman–Crippen MR) is 93.8 cm³/mol. The van der Waals surface area contributed by atoms with Crippen molar-refractivity contribution in [1.29, 1.82) is 0 Å². The molecule has 23 heavy (non-hydrogen) atoms. The smallest absolute Gasteiger partial charge is 0.257 e. The maximum Gasteiger partial charge on any atom is 0.257 e. The zero-order valence-corrected chi connectivity index (χ0v) is 14.4. The van der Waals surface area contributed by atoms with Gasteiger partial charge in [0.2, 0.25) is 0 Å². The van der Waals surface area contributed by atoms with Gasteiger partial charge in [0.15, 0.2) is 6.61 Å². The minimum absolute atomic E-state index is 0.0413. The molecule has 0 radical (unpaired) electrons. The van der Waals surface area contributed by atoms with Gasteiger partial charge in [-0.1, -0.05) is 31.9 Å². The second kappa shape index (κ2) is 10.3. The Morgan fingerprint density at radius 3 is 2.48 bits per heavy atom. The number of amides is 1. The molecule has 1 heterocycles. The highest BCUT2D eigenvalue weighted by Crippen LogP contribution is 2.12. The van der Waals surface area contributed by atoms with Crippen molar-refractivity contribution < 1.29 is 9.53 Å². The number of hydrogen-bond acceptors (Lipinski definition) is 3. The minimum atomic E-state index is -0.0413. The zero-order chi connectivity index (χ0) is 16.3. The van der Waals surface area contributed by atoms with Crippen LogP contribution in [0.5, 0.6) is 5.75 Å². The molecule has 1 aromatic carbocycles. The van der Waals surface area contributed by atoms with Crippen LogP contribution in [0.1, 0.15) is 44.6 Å². The van der Waals surface area contributed by atoms with Crippen molar-refractivity contribution in [2.24, 2.45) is 0 Å². The third kappa shape index (κ3) is 7.04. The van der Waals surface area contributed by atoms with E-state index in [4.69, 9.17) is 4.74 Å². The highest BCUT2D eigenvalue weighted by Gasteiger charge is 2.08. The SMILES string of the molecule is CCc1ccc(OCC(=O)NCCCN2CCCCCC2)cc1. The lowest BCUT2D eigenvalue weighted by Crippen LogP contribution is -2.33. The summed E-state index contributed by atoms with van der Waals surface area (Å²) in [5, 5.41) is 2.94. The lowest BCUT2D eigenvalue weighted by Gasteiger charge is -2.19. The molecular weight excluding hydrogens is 288 g/mol. The van der Waals surface area contributed by atoms with E-state index in [-0.39, 0.29) is 12.5 Å². The third-order valence-corrected chi connectivity index (χ3v) is 4.37. The van der Waals surface area contributed by atoms with Gasteiger partial charge in [-0.2, -0.15) is 0 Å². The van der Waals surface area contributed by atoms with Gasteiger partial charge < -0.3 is 15.0 Å². The van der Waals surface area contributed by atoms with Gasteiger partial charge in [0, 0.05) is 6.54 Å². The van der Waals surface area contributed by atoms with E-state index in [1.807, 2.05) is 24.3 Å². The minimum Gasteiger partial charge on any atom is -0.484 e. The molecule has 0 unspecified atom stereocenters. The molecular formula is C19H30N2O2. The van der Waals surface area contributed by atoms with Crippen LogP contribution in [0.2, 0.25) is 0 Å². The maximum absolute atomic E-state index is 11.8. The van der Waals surface area contributed by atoms with Crippen LogP contribution in [-0.2, 0) is 11.2 Å². The highest BCUT2D eigenvalue weighted by atomic mass is 16.5. The number of rotatable bonds is 8. The molecule has 0 aromatic heterocycles. The molecule has 1 N–H and O–H groups in total. The molecule has 4 nitrogen and oxygen atoms in total. The Kier molecular flexibility index (Phi) is 7.95. The van der Waals surface area contributed by atoms with E-state index < -0.39 is 0 Å². The summed E-state index contributed by atoms with van der Waals surface area (Å²) in [6.45, 7) is 6.45. The molecule has 1 aliphatic heterocycles. The van der Waals surface area contributed by atoms with Crippen LogP contribution in [0.15, 0.2) is 24.3 Å². The number of hydrogen-bond donors (Lipinski definition) is 1. The highest BCUT2D eigenvalue weighted by molar-refractivity contribution is 5.77. The number of likely N-dealkylation sites (tertiary alicyclic amines) is 1. The molecule has 1 saturated heterocycles. The van der Waals surface area contributed by atoms with Gasteiger partial charge in [-0.3, -0.25) is 4.79 Å². The molecule has 0 spiro atoms. The Hall–Kier alpha value is -1.55. The summed E-state index contributed by atoms with van der Waals surface area (Å²) < 4.78 is 5.51. The largest absolute Gasteiger partial charge is 0.484 e. The van der Waals surface area contributed by atoms with Gasteiger partial charge in [0.05, 0.1) is 0 Å². The lowest BCUT2D eigenvalue weighted by atomic mass is 10.2. The Morgan fingerprint density at radius 1 is 1.13 bits per heavy atom. The van der Waals surface area contributed by atoms with Crippen molar-refractivity contribution in [2.45, 2.75) is 45.4 Å². The number of carbonyl (C=O) groups excluding carboxylic acids is 1. The van der Waals surface area contributed by atoms with Gasteiger partial charge >= 0.3 is 0 Å². The molecule has 1 aliphatic rings. The van der Waals surface area contributed by atoms with Crippen LogP contribution in [0.4, 0.5) is 0 Å². The Labute approximate surface area is 140 Å². The number of nitrogens with zero attached hydrogens (tertiary/aromatic N) is 1. The number of aryl methyl sites for hydroxylation is 1. The van der Waals surface area contributed by atoms with E-state index in [0.29, 0.717) is 0 Å². The van der Waals surface area contributed by atoms with E-state index >= 15 is 0 Å². The van der Waals surface area contributed by atoms with Crippen molar-refractivity contribution in [3.05, 3.63) is 29.8 Å². The van der Waals surface area contributed by atoms with E-state index in [1.54, 1.807) is 0 Å². The van der Waals surface area contributed by atoms with E-state index in [0.717, 1.165) is 31.7 Å². The fraction of sp³-hybridized carbons (Fsp3) is 0.632. The second-order valence-electron chi connectivity index (χ2n) is 6.25. The van der Waals surface area contributed by atoms with E-state index in [2.05, 4.69) is 17.1 Å². The molecule has 0 saturated carbocycles. The predicted octanol–water partition coefficient (Wildman–Crippen LogP) is 3.01. The van der Waals surface area contributed by atoms with Crippen LogP contribution in [0, 0.1) is 0 Å². The normalized spacial score (nSPS) is 15.9. The summed E-state index contributed by atoms with van der Waals surface area (Å²) in [6, 6.07) is 7.92. The fourth-order valence-electron chi connectivity index (χ4n) is 2.91. The number of benzene rings is 1. The molecule has 0 aliphatic carbocycles. The maximum atomic E-state index is 11.8. The summed E-state index contributed by atoms with van der Waals surface area (Å²) in [5.41, 5.74) is 1.27. The van der Waals surface area contributed by atoms with Gasteiger partial charge in [0.1, 0.15) is 5.75 Å². The van der Waals surface area contributed by atoms with Gasteiger partial charge in [-0.25, -0.2) is 0 Å². The summed E-state index contributed by atoms with van der Waals surface area (Å²) in [7, 11) is 0. The van der Waals surface area contributed by atoms with Crippen LogP contribution < -0.4 is 10.1 Å². The summed E-state index contributed by atoms with van der Waals surface area (Å²) >= 11 is 0. The van der Waals surface area contributed by atoms with Crippen molar-refractivity contribution in [1.82, 2.24) is 10.2 Å². The van der Waals surface area contributed by atoms with Crippen molar-refractivity contribution in [3.63, 3.8) is 0 Å². The Balaban J connectivity index is 1.55. The molecule has 1 fully saturated rings. The Bertz CT molecular complexity index is 451. The number of ether oxygens (including phenoxy) is 1. The molecule has 4 heteroatoms. The van der Waals surface area contributed by atoms with E-state index in [9.17, 15) is 4.79 Å². The van der Waals surface area contributed by atoms with Crippen LogP contribution in [0.3, 0.4) is 0 Å². The molecule has 1 aromatic rings. The number of nitrogens with one attached hydrogen (secondary N) is 1. The summed E-state index contributed by atoms with van der Waals surface area (Å²) in [5.74, 6) is 0.711. The average Bonchev–Trinajstić information content (AvgIpc) is 2.86.